The highest BCUT2D eigenvalue weighted by atomic mass is 19.4. The number of rotatable bonds is 1. The van der Waals surface area contributed by atoms with Gasteiger partial charge in [-0.2, -0.15) is 18.3 Å². The Morgan fingerprint density at radius 3 is 2.33 bits per heavy atom. The summed E-state index contributed by atoms with van der Waals surface area (Å²) in [5, 5.41) is 3.70. The average Bonchev–Trinajstić information content (AvgIpc) is 2.06. The quantitative estimate of drug-likeness (QED) is 0.649. The second kappa shape index (κ2) is 2.76. The van der Waals surface area contributed by atoms with E-state index in [0.717, 1.165) is 4.68 Å². The fraction of sp³-hybridized carbons (Fsp3) is 0.667. The van der Waals surface area contributed by atoms with E-state index in [1.54, 1.807) is 6.92 Å². The van der Waals surface area contributed by atoms with Crippen LogP contribution < -0.4 is 0 Å². The fourth-order valence-corrected chi connectivity index (χ4v) is 0.890. The van der Waals surface area contributed by atoms with Crippen LogP contribution in [0.2, 0.25) is 0 Å². The Kier molecular flexibility index (Phi) is 2.08. The zero-order valence-electron chi connectivity index (χ0n) is 6.68. The number of alkyl halides is 3. The molecule has 0 amide bonds. The number of halogens is 3. The third kappa shape index (κ3) is 2.21. The summed E-state index contributed by atoms with van der Waals surface area (Å²) in [6, 6.07) is 0. The predicted molar refractivity (Wildman–Crippen MR) is 35.5 cm³/mol. The first-order chi connectivity index (χ1) is 5.38. The Morgan fingerprint density at radius 2 is 2.00 bits per heavy atom. The highest BCUT2D eigenvalue weighted by Crippen LogP contribution is 2.19. The summed E-state index contributed by atoms with van der Waals surface area (Å²) >= 11 is 0. The Balaban J connectivity index is 2.82. The van der Waals surface area contributed by atoms with Crippen LogP contribution in [0.15, 0.2) is 0 Å². The van der Waals surface area contributed by atoms with Crippen LogP contribution in [0, 0.1) is 6.92 Å². The number of nitrogens with zero attached hydrogens (tertiary/aromatic N) is 3. The molecule has 1 aromatic heterocycles. The van der Waals surface area contributed by atoms with Crippen LogP contribution in [0.4, 0.5) is 13.2 Å². The number of hydrogen-bond donors (Lipinski definition) is 0. The first-order valence-electron chi connectivity index (χ1n) is 3.32. The summed E-state index contributed by atoms with van der Waals surface area (Å²) in [7, 11) is 1.45. The van der Waals surface area contributed by atoms with Crippen molar-refractivity contribution in [2.75, 3.05) is 0 Å². The van der Waals surface area contributed by atoms with Crippen molar-refractivity contribution in [1.29, 1.82) is 0 Å². The topological polar surface area (TPSA) is 30.7 Å². The van der Waals surface area contributed by atoms with E-state index < -0.39 is 12.6 Å². The smallest absolute Gasteiger partial charge is 0.253 e. The standard InChI is InChI=1S/C6H8F3N3/c1-4-10-5(12(2)11-4)3-6(7,8)9/h3H2,1-2H3. The number of aromatic nitrogens is 3. The first-order valence-corrected chi connectivity index (χ1v) is 3.32. The van der Waals surface area contributed by atoms with Crippen molar-refractivity contribution >= 4 is 0 Å². The molecule has 1 heterocycles. The second-order valence-corrected chi connectivity index (χ2v) is 2.49. The summed E-state index contributed by atoms with van der Waals surface area (Å²) in [6.45, 7) is 1.56. The molecule has 0 saturated heterocycles. The molecule has 0 saturated carbocycles. The molecule has 12 heavy (non-hydrogen) atoms. The van der Waals surface area contributed by atoms with Gasteiger partial charge in [0, 0.05) is 7.05 Å². The van der Waals surface area contributed by atoms with E-state index in [1.165, 1.54) is 7.05 Å². The summed E-state index contributed by atoms with van der Waals surface area (Å²) in [5.41, 5.74) is 0. The minimum Gasteiger partial charge on any atom is -0.253 e. The molecule has 0 atom stereocenters. The summed E-state index contributed by atoms with van der Waals surface area (Å²) in [5.74, 6) is 0.303. The molecule has 3 nitrogen and oxygen atoms in total. The third-order valence-corrected chi connectivity index (χ3v) is 1.32. The zero-order chi connectivity index (χ0) is 9.35. The highest BCUT2D eigenvalue weighted by molar-refractivity contribution is 4.92. The Bertz CT molecular complexity index is 276. The molecule has 0 bridgehead atoms. The van der Waals surface area contributed by atoms with Crippen LogP contribution in [0.1, 0.15) is 11.6 Å². The molecule has 6 heteroatoms. The van der Waals surface area contributed by atoms with Crippen molar-refractivity contribution in [3.8, 4) is 0 Å². The van der Waals surface area contributed by atoms with E-state index in [1.807, 2.05) is 0 Å². The van der Waals surface area contributed by atoms with Gasteiger partial charge in [-0.3, -0.25) is 4.68 Å². The van der Waals surface area contributed by atoms with Crippen LogP contribution in [0.5, 0.6) is 0 Å². The SMILES string of the molecule is Cc1nc(CC(F)(F)F)n(C)n1. The Labute approximate surface area is 67.2 Å². The predicted octanol–water partition coefficient (Wildman–Crippen LogP) is 1.23. The third-order valence-electron chi connectivity index (χ3n) is 1.32. The van der Waals surface area contributed by atoms with E-state index in [9.17, 15) is 13.2 Å². The first kappa shape index (κ1) is 9.02. The molecule has 0 N–H and O–H groups in total. The maximum absolute atomic E-state index is 11.8. The van der Waals surface area contributed by atoms with Gasteiger partial charge in [0.05, 0.1) is 0 Å². The lowest BCUT2D eigenvalue weighted by Gasteiger charge is -2.03. The highest BCUT2D eigenvalue weighted by Gasteiger charge is 2.30. The van der Waals surface area contributed by atoms with Crippen molar-refractivity contribution in [2.45, 2.75) is 19.5 Å². The van der Waals surface area contributed by atoms with Crippen molar-refractivity contribution in [3.05, 3.63) is 11.6 Å². The van der Waals surface area contributed by atoms with Gasteiger partial charge in [0.1, 0.15) is 18.1 Å². The van der Waals surface area contributed by atoms with Gasteiger partial charge < -0.3 is 0 Å². The van der Waals surface area contributed by atoms with E-state index in [0.29, 0.717) is 5.82 Å². The molecule has 0 aliphatic carbocycles. The van der Waals surface area contributed by atoms with Crippen molar-refractivity contribution < 1.29 is 13.2 Å². The van der Waals surface area contributed by atoms with Gasteiger partial charge in [0.25, 0.3) is 0 Å². The average molecular weight is 179 g/mol. The lowest BCUT2D eigenvalue weighted by Crippen LogP contribution is -2.15. The van der Waals surface area contributed by atoms with Crippen molar-refractivity contribution in [3.63, 3.8) is 0 Å². The molecule has 0 fully saturated rings. The molecule has 0 unspecified atom stereocenters. The molecular weight excluding hydrogens is 171 g/mol. The lowest BCUT2D eigenvalue weighted by molar-refractivity contribution is -0.129. The van der Waals surface area contributed by atoms with Crippen molar-refractivity contribution in [1.82, 2.24) is 14.8 Å². The normalized spacial score (nSPS) is 12.1. The van der Waals surface area contributed by atoms with Crippen LogP contribution >= 0.6 is 0 Å². The molecule has 0 aliphatic heterocycles. The van der Waals surface area contributed by atoms with Crippen LogP contribution in [-0.4, -0.2) is 20.9 Å². The van der Waals surface area contributed by atoms with Gasteiger partial charge in [-0.25, -0.2) is 4.98 Å². The molecule has 1 rings (SSSR count). The summed E-state index contributed by atoms with van der Waals surface area (Å²) < 4.78 is 36.7. The monoisotopic (exact) mass is 179 g/mol. The van der Waals surface area contributed by atoms with Gasteiger partial charge in [-0.1, -0.05) is 0 Å². The zero-order valence-corrected chi connectivity index (χ0v) is 6.68. The van der Waals surface area contributed by atoms with Gasteiger partial charge in [-0.05, 0) is 6.92 Å². The van der Waals surface area contributed by atoms with Crippen LogP contribution in [-0.2, 0) is 13.5 Å². The lowest BCUT2D eigenvalue weighted by atomic mass is 10.4. The molecule has 0 aliphatic rings. The van der Waals surface area contributed by atoms with Gasteiger partial charge in [0.15, 0.2) is 0 Å². The molecule has 0 spiro atoms. The minimum absolute atomic E-state index is 0.0556. The van der Waals surface area contributed by atoms with Gasteiger partial charge >= 0.3 is 6.18 Å². The maximum atomic E-state index is 11.8. The van der Waals surface area contributed by atoms with E-state index in [-0.39, 0.29) is 5.82 Å². The summed E-state index contributed by atoms with van der Waals surface area (Å²) in [6.07, 6.45) is -5.24. The molecular formula is C6H8F3N3. The number of aryl methyl sites for hydroxylation is 2. The van der Waals surface area contributed by atoms with E-state index in [2.05, 4.69) is 10.1 Å². The van der Waals surface area contributed by atoms with Crippen LogP contribution in [0.3, 0.4) is 0 Å². The fourth-order valence-electron chi connectivity index (χ4n) is 0.890. The van der Waals surface area contributed by atoms with Gasteiger partial charge in [0.2, 0.25) is 0 Å². The van der Waals surface area contributed by atoms with E-state index >= 15 is 0 Å². The minimum atomic E-state index is -4.22. The van der Waals surface area contributed by atoms with Crippen LogP contribution in [0.25, 0.3) is 0 Å². The second-order valence-electron chi connectivity index (χ2n) is 2.49. The number of hydrogen-bond acceptors (Lipinski definition) is 2. The molecule has 0 aromatic carbocycles. The maximum Gasteiger partial charge on any atom is 0.396 e. The molecule has 1 aromatic rings. The molecule has 0 radical (unpaired) electrons. The summed E-state index contributed by atoms with van der Waals surface area (Å²) in [4.78, 5) is 3.63. The molecule has 68 valence electrons. The van der Waals surface area contributed by atoms with E-state index in [4.69, 9.17) is 0 Å². The van der Waals surface area contributed by atoms with Gasteiger partial charge in [-0.15, -0.1) is 0 Å². The van der Waals surface area contributed by atoms with Crippen molar-refractivity contribution in [2.24, 2.45) is 7.05 Å². The Morgan fingerprint density at radius 1 is 1.42 bits per heavy atom. The largest absolute Gasteiger partial charge is 0.396 e. The Hall–Kier alpha value is -1.07.